The van der Waals surface area contributed by atoms with Gasteiger partial charge in [-0.2, -0.15) is 0 Å². The minimum Gasteiger partial charge on any atom is -0.481 e. The molecule has 0 bridgehead atoms. The fourth-order valence-corrected chi connectivity index (χ4v) is 0.589. The quantitative estimate of drug-likeness (QED) is 0.725. The molecule has 5 nitrogen and oxygen atoms in total. The van der Waals surface area contributed by atoms with Crippen LogP contribution in [-0.2, 0) is 9.59 Å². The molecule has 0 atom stereocenters. The number of benzene rings is 1. The van der Waals surface area contributed by atoms with Crippen molar-refractivity contribution < 1.29 is 19.8 Å². The molecule has 1 aromatic carbocycles. The van der Waals surface area contributed by atoms with Crippen molar-refractivity contribution in [1.82, 2.24) is 0 Å². The van der Waals surface area contributed by atoms with E-state index in [1.54, 1.807) is 0 Å². The Morgan fingerprint density at radius 2 is 1.65 bits per heavy atom. The van der Waals surface area contributed by atoms with Gasteiger partial charge in [0.2, 0.25) is 0 Å². The van der Waals surface area contributed by atoms with Crippen LogP contribution in [0.5, 0.6) is 0 Å². The Hall–Kier alpha value is -2.14. The first-order valence-corrected chi connectivity index (χ1v) is 4.72. The molecule has 0 aliphatic heterocycles. The van der Waals surface area contributed by atoms with Crippen LogP contribution in [0.3, 0.4) is 0 Å². The second kappa shape index (κ2) is 11.9. The molecular formula is C12H17NO4. The smallest absolute Gasteiger partial charge is 0.317 e. The monoisotopic (exact) mass is 239 g/mol. The number of nitrogens with two attached hydrogens (primary N) is 1. The Bertz CT molecular complexity index is 332. The van der Waals surface area contributed by atoms with E-state index in [-0.39, 0.29) is 6.54 Å². The van der Waals surface area contributed by atoms with Crippen LogP contribution in [0.4, 0.5) is 0 Å². The van der Waals surface area contributed by atoms with Crippen molar-refractivity contribution in [3.63, 3.8) is 0 Å². The van der Waals surface area contributed by atoms with Crippen LogP contribution in [0.1, 0.15) is 12.5 Å². The van der Waals surface area contributed by atoms with Crippen molar-refractivity contribution >= 4 is 18.0 Å². The van der Waals surface area contributed by atoms with Gasteiger partial charge in [0.1, 0.15) is 0 Å². The highest BCUT2D eigenvalue weighted by atomic mass is 16.4. The van der Waals surface area contributed by atoms with Gasteiger partial charge in [0, 0.05) is 6.92 Å². The third kappa shape index (κ3) is 20.1. The summed E-state index contributed by atoms with van der Waals surface area (Å²) < 4.78 is 0. The standard InChI is InChI=1S/C8H8.C2H5NO2.C2H4O2/c1-2-8-6-4-3-5-7-8;3-1-2(4)5;1-2(3)4/h2-7H,1H2;1,3H2,(H,4,5);1H3,(H,3,4). The summed E-state index contributed by atoms with van der Waals surface area (Å²) in [7, 11) is 0. The van der Waals surface area contributed by atoms with E-state index in [2.05, 4.69) is 12.3 Å². The summed E-state index contributed by atoms with van der Waals surface area (Å²) in [5, 5.41) is 15.0. The van der Waals surface area contributed by atoms with Crippen molar-refractivity contribution in [2.24, 2.45) is 5.73 Å². The maximum atomic E-state index is 9.24. The number of hydrogen-bond acceptors (Lipinski definition) is 3. The molecule has 0 fully saturated rings. The highest BCUT2D eigenvalue weighted by molar-refractivity contribution is 5.68. The van der Waals surface area contributed by atoms with Crippen LogP contribution in [0.15, 0.2) is 36.9 Å². The number of rotatable bonds is 2. The molecule has 17 heavy (non-hydrogen) atoms. The van der Waals surface area contributed by atoms with E-state index in [4.69, 9.17) is 15.0 Å². The van der Waals surface area contributed by atoms with Gasteiger partial charge in [-0.05, 0) is 5.56 Å². The molecule has 0 unspecified atom stereocenters. The molecule has 0 spiro atoms. The number of hydrogen-bond donors (Lipinski definition) is 3. The maximum Gasteiger partial charge on any atom is 0.317 e. The van der Waals surface area contributed by atoms with Gasteiger partial charge in [0.25, 0.3) is 5.97 Å². The predicted molar refractivity (Wildman–Crippen MR) is 66.5 cm³/mol. The molecule has 94 valence electrons. The third-order valence-corrected chi connectivity index (χ3v) is 1.21. The zero-order chi connectivity index (χ0) is 13.7. The Labute approximate surface area is 100 Å². The molecule has 0 aliphatic rings. The zero-order valence-electron chi connectivity index (χ0n) is 9.67. The second-order valence-corrected chi connectivity index (χ2v) is 2.73. The van der Waals surface area contributed by atoms with Gasteiger partial charge < -0.3 is 15.9 Å². The second-order valence-electron chi connectivity index (χ2n) is 2.73. The van der Waals surface area contributed by atoms with E-state index in [1.807, 2.05) is 36.4 Å². The van der Waals surface area contributed by atoms with Gasteiger partial charge >= 0.3 is 5.97 Å². The zero-order valence-corrected chi connectivity index (χ0v) is 9.67. The number of carbonyl (C=O) groups is 2. The molecule has 1 aromatic rings. The third-order valence-electron chi connectivity index (χ3n) is 1.21. The fraction of sp³-hybridized carbons (Fsp3) is 0.167. The van der Waals surface area contributed by atoms with Crippen molar-refractivity contribution in [1.29, 1.82) is 0 Å². The number of carboxylic acid groups (broad SMARTS) is 2. The van der Waals surface area contributed by atoms with Gasteiger partial charge in [-0.3, -0.25) is 9.59 Å². The highest BCUT2D eigenvalue weighted by Gasteiger charge is 1.81. The molecule has 0 aliphatic carbocycles. The van der Waals surface area contributed by atoms with E-state index < -0.39 is 11.9 Å². The highest BCUT2D eigenvalue weighted by Crippen LogP contribution is 1.97. The van der Waals surface area contributed by atoms with Crippen LogP contribution in [0, 0.1) is 0 Å². The molecule has 0 aromatic heterocycles. The largest absolute Gasteiger partial charge is 0.481 e. The first-order chi connectivity index (χ1) is 7.93. The minimum absolute atomic E-state index is 0.278. The van der Waals surface area contributed by atoms with Crippen LogP contribution in [0.25, 0.3) is 6.08 Å². The van der Waals surface area contributed by atoms with Gasteiger partial charge in [0.15, 0.2) is 0 Å². The van der Waals surface area contributed by atoms with Crippen LogP contribution in [0.2, 0.25) is 0 Å². The summed E-state index contributed by atoms with van der Waals surface area (Å²) in [6.45, 7) is 4.44. The Morgan fingerprint density at radius 3 is 1.82 bits per heavy atom. The maximum absolute atomic E-state index is 9.24. The molecule has 0 saturated heterocycles. The molecule has 5 heteroatoms. The van der Waals surface area contributed by atoms with Crippen molar-refractivity contribution in [3.8, 4) is 0 Å². The molecule has 0 amide bonds. The van der Waals surface area contributed by atoms with Crippen molar-refractivity contribution in [2.45, 2.75) is 6.92 Å². The molecule has 0 saturated carbocycles. The van der Waals surface area contributed by atoms with E-state index in [0.29, 0.717) is 0 Å². The van der Waals surface area contributed by atoms with Crippen LogP contribution >= 0.6 is 0 Å². The Morgan fingerprint density at radius 1 is 1.29 bits per heavy atom. The summed E-state index contributed by atoms with van der Waals surface area (Å²) in [6, 6.07) is 10.0. The fourth-order valence-electron chi connectivity index (χ4n) is 0.589. The van der Waals surface area contributed by atoms with Crippen LogP contribution < -0.4 is 5.73 Å². The molecule has 4 N–H and O–H groups in total. The molecular weight excluding hydrogens is 222 g/mol. The molecule has 0 heterocycles. The number of aliphatic carboxylic acids is 2. The van der Waals surface area contributed by atoms with Gasteiger partial charge in [-0.1, -0.05) is 43.0 Å². The first kappa shape index (κ1) is 17.3. The van der Waals surface area contributed by atoms with E-state index in [1.165, 1.54) is 5.56 Å². The Kier molecular flexibility index (Phi) is 12.1. The summed E-state index contributed by atoms with van der Waals surface area (Å²) in [6.07, 6.45) is 1.83. The minimum atomic E-state index is -0.968. The first-order valence-electron chi connectivity index (χ1n) is 4.72. The summed E-state index contributed by atoms with van der Waals surface area (Å²) in [5.74, 6) is -1.80. The summed E-state index contributed by atoms with van der Waals surface area (Å²) in [5.41, 5.74) is 5.75. The van der Waals surface area contributed by atoms with Gasteiger partial charge in [-0.25, -0.2) is 0 Å². The van der Waals surface area contributed by atoms with E-state index >= 15 is 0 Å². The Balaban J connectivity index is 0. The van der Waals surface area contributed by atoms with Crippen molar-refractivity contribution in [2.75, 3.05) is 6.54 Å². The lowest BCUT2D eigenvalue weighted by molar-refractivity contribution is -0.136. The average Bonchev–Trinajstić information content (AvgIpc) is 2.30. The van der Waals surface area contributed by atoms with Gasteiger partial charge in [-0.15, -0.1) is 0 Å². The lowest BCUT2D eigenvalue weighted by atomic mass is 10.2. The van der Waals surface area contributed by atoms with Crippen LogP contribution in [-0.4, -0.2) is 28.7 Å². The summed E-state index contributed by atoms with van der Waals surface area (Å²) >= 11 is 0. The predicted octanol–water partition coefficient (Wildman–Crippen LogP) is 1.45. The molecule has 1 rings (SSSR count). The van der Waals surface area contributed by atoms with E-state index in [0.717, 1.165) is 6.92 Å². The normalized spacial score (nSPS) is 7.65. The number of carboxylic acids is 2. The lowest BCUT2D eigenvalue weighted by Gasteiger charge is -1.85. The SMILES string of the molecule is C=Cc1ccccc1.CC(=O)O.NCC(=O)O. The van der Waals surface area contributed by atoms with Crippen molar-refractivity contribution in [3.05, 3.63) is 42.5 Å². The average molecular weight is 239 g/mol. The molecule has 0 radical (unpaired) electrons. The summed E-state index contributed by atoms with van der Waals surface area (Å²) in [4.78, 5) is 18.2. The van der Waals surface area contributed by atoms with Gasteiger partial charge in [0.05, 0.1) is 6.54 Å². The topological polar surface area (TPSA) is 101 Å². The van der Waals surface area contributed by atoms with E-state index in [9.17, 15) is 4.79 Å². The lowest BCUT2D eigenvalue weighted by Crippen LogP contribution is -2.10.